The summed E-state index contributed by atoms with van der Waals surface area (Å²) in [4.78, 5) is 9.46. The van der Waals surface area contributed by atoms with Crippen molar-refractivity contribution in [3.63, 3.8) is 0 Å². The van der Waals surface area contributed by atoms with Crippen LogP contribution in [0.5, 0.6) is 0 Å². The maximum absolute atomic E-state index is 10.6. The van der Waals surface area contributed by atoms with Gasteiger partial charge in [0.2, 0.25) is 5.91 Å². The maximum Gasteiger partial charge on any atom is 0.220 e. The van der Waals surface area contributed by atoms with Crippen molar-refractivity contribution in [3.8, 4) is 0 Å². The molecule has 0 heterocycles. The summed E-state index contributed by atoms with van der Waals surface area (Å²) in [5.41, 5.74) is 11.4. The Balaban J connectivity index is 2.87. The summed E-state index contributed by atoms with van der Waals surface area (Å²) in [6, 6.07) is 8.98. The van der Waals surface area contributed by atoms with Crippen LogP contribution in [0, 0.1) is 0 Å². The van der Waals surface area contributed by atoms with E-state index in [0.29, 0.717) is 5.56 Å². The molecule has 13 heavy (non-hydrogen) atoms. The Kier molecular flexibility index (Phi) is 2.90. The van der Waals surface area contributed by atoms with Crippen LogP contribution in [0.15, 0.2) is 30.3 Å². The first-order valence-corrected chi connectivity index (χ1v) is 4.22. The lowest BCUT2D eigenvalue weighted by Crippen LogP contribution is -2.35. The van der Waals surface area contributed by atoms with E-state index in [2.05, 4.69) is 0 Å². The molecule has 1 rings (SSSR count). The van der Waals surface area contributed by atoms with Crippen LogP contribution in [0.3, 0.4) is 0 Å². The van der Waals surface area contributed by atoms with Gasteiger partial charge in [-0.3, -0.25) is 4.79 Å². The van der Waals surface area contributed by atoms with Gasteiger partial charge >= 0.3 is 0 Å². The van der Waals surface area contributed by atoms with Crippen molar-refractivity contribution in [3.05, 3.63) is 35.9 Å². The number of carbonyl (C=O) groups is 1. The average Bonchev–Trinajstić information content (AvgIpc) is 2.04. The minimum atomic E-state index is -1.19. The molecule has 3 nitrogen and oxygen atoms in total. The highest BCUT2D eigenvalue weighted by atomic mass is 35.5. The highest BCUT2D eigenvalue weighted by Crippen LogP contribution is 2.25. The Morgan fingerprint density at radius 3 is 2.38 bits per heavy atom. The Morgan fingerprint density at radius 2 is 1.92 bits per heavy atom. The van der Waals surface area contributed by atoms with E-state index in [-0.39, 0.29) is 6.42 Å². The third kappa shape index (κ3) is 2.72. The first-order chi connectivity index (χ1) is 6.02. The molecule has 0 aliphatic rings. The normalized spacial score (nSPS) is 14.9. The molecule has 1 atom stereocenters. The topological polar surface area (TPSA) is 69.1 Å². The molecule has 1 aromatic carbocycles. The van der Waals surface area contributed by atoms with Crippen molar-refractivity contribution in [1.82, 2.24) is 0 Å². The summed E-state index contributed by atoms with van der Waals surface area (Å²) < 4.78 is 0. The number of amides is 1. The van der Waals surface area contributed by atoms with Crippen LogP contribution in [-0.2, 0) is 9.79 Å². The predicted octanol–water partition coefficient (Wildman–Crippen LogP) is 0.912. The average molecular weight is 199 g/mol. The SMILES string of the molecule is NC(=O)CC(N)(Cl)c1ccccc1. The van der Waals surface area contributed by atoms with Crippen molar-refractivity contribution in [2.24, 2.45) is 11.5 Å². The summed E-state index contributed by atoms with van der Waals surface area (Å²) >= 11 is 5.93. The lowest BCUT2D eigenvalue weighted by atomic mass is 10.0. The molecule has 0 saturated heterocycles. The molecule has 1 amide bonds. The molecular formula is C9H11ClN2O. The van der Waals surface area contributed by atoms with Crippen molar-refractivity contribution in [1.29, 1.82) is 0 Å². The number of carbonyl (C=O) groups excluding carboxylic acids is 1. The fourth-order valence-electron chi connectivity index (χ4n) is 1.07. The highest BCUT2D eigenvalue weighted by molar-refractivity contribution is 6.24. The third-order valence-electron chi connectivity index (χ3n) is 1.69. The first-order valence-electron chi connectivity index (χ1n) is 3.84. The van der Waals surface area contributed by atoms with Crippen molar-refractivity contribution in [2.75, 3.05) is 0 Å². The number of primary amides is 1. The standard InChI is InChI=1S/C9H11ClN2O/c10-9(12,6-8(11)13)7-4-2-1-3-5-7/h1-5H,6,12H2,(H2,11,13). The van der Waals surface area contributed by atoms with Crippen LogP contribution >= 0.6 is 11.6 Å². The van der Waals surface area contributed by atoms with Gasteiger partial charge in [-0.25, -0.2) is 0 Å². The second-order valence-electron chi connectivity index (χ2n) is 2.87. The molecule has 0 saturated carbocycles. The molecule has 0 aliphatic carbocycles. The van der Waals surface area contributed by atoms with E-state index in [1.165, 1.54) is 0 Å². The molecule has 70 valence electrons. The van der Waals surface area contributed by atoms with Gasteiger partial charge in [0.15, 0.2) is 0 Å². The maximum atomic E-state index is 10.6. The van der Waals surface area contributed by atoms with E-state index in [1.807, 2.05) is 6.07 Å². The number of alkyl halides is 1. The van der Waals surface area contributed by atoms with E-state index in [1.54, 1.807) is 24.3 Å². The molecule has 0 fully saturated rings. The monoisotopic (exact) mass is 198 g/mol. The van der Waals surface area contributed by atoms with Crippen molar-refractivity contribution < 1.29 is 4.79 Å². The van der Waals surface area contributed by atoms with Crippen LogP contribution in [0.1, 0.15) is 12.0 Å². The second-order valence-corrected chi connectivity index (χ2v) is 3.55. The fourth-order valence-corrected chi connectivity index (χ4v) is 1.33. The molecule has 0 aromatic heterocycles. The third-order valence-corrected chi connectivity index (χ3v) is 2.04. The zero-order valence-corrected chi connectivity index (χ0v) is 7.79. The summed E-state index contributed by atoms with van der Waals surface area (Å²) in [5, 5.41) is 0. The molecule has 0 spiro atoms. The zero-order chi connectivity index (χ0) is 9.90. The van der Waals surface area contributed by atoms with Gasteiger partial charge in [0.05, 0.1) is 6.42 Å². The van der Waals surface area contributed by atoms with Gasteiger partial charge in [0.25, 0.3) is 0 Å². The minimum Gasteiger partial charge on any atom is -0.370 e. The van der Waals surface area contributed by atoms with Gasteiger partial charge in [-0.15, -0.1) is 0 Å². The van der Waals surface area contributed by atoms with Crippen LogP contribution in [0.4, 0.5) is 0 Å². The summed E-state index contributed by atoms with van der Waals surface area (Å²) in [6.45, 7) is 0. The lowest BCUT2D eigenvalue weighted by Gasteiger charge is -2.20. The van der Waals surface area contributed by atoms with Crippen LogP contribution in [0.25, 0.3) is 0 Å². The largest absolute Gasteiger partial charge is 0.370 e. The van der Waals surface area contributed by atoms with Gasteiger partial charge < -0.3 is 11.5 Å². The molecule has 1 unspecified atom stereocenters. The smallest absolute Gasteiger partial charge is 0.220 e. The van der Waals surface area contributed by atoms with E-state index >= 15 is 0 Å². The molecule has 0 aliphatic heterocycles. The Morgan fingerprint density at radius 1 is 1.38 bits per heavy atom. The van der Waals surface area contributed by atoms with Gasteiger partial charge in [0, 0.05) is 0 Å². The molecule has 1 aromatic rings. The number of benzene rings is 1. The van der Waals surface area contributed by atoms with Gasteiger partial charge in [-0.05, 0) is 5.56 Å². The molecule has 0 bridgehead atoms. The first kappa shape index (κ1) is 10.0. The minimum absolute atomic E-state index is 0.0709. The number of hydrogen-bond donors (Lipinski definition) is 2. The van der Waals surface area contributed by atoms with E-state index in [9.17, 15) is 4.79 Å². The molecule has 0 radical (unpaired) electrons. The fraction of sp³-hybridized carbons (Fsp3) is 0.222. The second kappa shape index (κ2) is 3.77. The molecule has 4 heteroatoms. The van der Waals surface area contributed by atoms with Gasteiger partial charge in [0.1, 0.15) is 5.00 Å². The predicted molar refractivity (Wildman–Crippen MR) is 52.0 cm³/mol. The summed E-state index contributed by atoms with van der Waals surface area (Å²) in [6.07, 6.45) is -0.0709. The van der Waals surface area contributed by atoms with Crippen LogP contribution in [-0.4, -0.2) is 5.91 Å². The highest BCUT2D eigenvalue weighted by Gasteiger charge is 2.25. The zero-order valence-electron chi connectivity index (χ0n) is 7.03. The number of nitrogens with two attached hydrogens (primary N) is 2. The Hall–Kier alpha value is -1.06. The van der Waals surface area contributed by atoms with E-state index in [4.69, 9.17) is 23.1 Å². The summed E-state index contributed by atoms with van der Waals surface area (Å²) in [5.74, 6) is -0.513. The lowest BCUT2D eigenvalue weighted by molar-refractivity contribution is -0.118. The van der Waals surface area contributed by atoms with Crippen molar-refractivity contribution in [2.45, 2.75) is 11.4 Å². The molecule has 4 N–H and O–H groups in total. The van der Waals surface area contributed by atoms with Gasteiger partial charge in [-0.2, -0.15) is 0 Å². The van der Waals surface area contributed by atoms with E-state index < -0.39 is 10.9 Å². The van der Waals surface area contributed by atoms with Crippen molar-refractivity contribution >= 4 is 17.5 Å². The quantitative estimate of drug-likeness (QED) is 0.560. The van der Waals surface area contributed by atoms with E-state index in [0.717, 1.165) is 0 Å². The Labute approximate surface area is 81.7 Å². The Bertz CT molecular complexity index is 298. The number of rotatable bonds is 3. The van der Waals surface area contributed by atoms with Crippen LogP contribution in [0.2, 0.25) is 0 Å². The molecular weight excluding hydrogens is 188 g/mol. The number of halogens is 1. The summed E-state index contributed by atoms with van der Waals surface area (Å²) in [7, 11) is 0. The van der Waals surface area contributed by atoms with Gasteiger partial charge in [-0.1, -0.05) is 41.9 Å². The number of hydrogen-bond acceptors (Lipinski definition) is 2. The van der Waals surface area contributed by atoms with Crippen LogP contribution < -0.4 is 11.5 Å².